The van der Waals surface area contributed by atoms with Crippen molar-refractivity contribution in [1.29, 1.82) is 0 Å². The van der Waals surface area contributed by atoms with Gasteiger partial charge in [-0.25, -0.2) is 0 Å². The lowest BCUT2D eigenvalue weighted by Crippen LogP contribution is -2.46. The summed E-state index contributed by atoms with van der Waals surface area (Å²) in [6, 6.07) is 10.0. The molecule has 1 aliphatic heterocycles. The first-order chi connectivity index (χ1) is 11.5. The maximum atomic E-state index is 13.2. The van der Waals surface area contributed by atoms with Gasteiger partial charge in [-0.15, -0.1) is 0 Å². The van der Waals surface area contributed by atoms with Crippen molar-refractivity contribution < 1.29 is 9.21 Å². The molecule has 1 aromatic carbocycles. The highest BCUT2D eigenvalue weighted by Gasteiger charge is 2.28. The van der Waals surface area contributed by atoms with Gasteiger partial charge in [0.15, 0.2) is 0 Å². The predicted molar refractivity (Wildman–Crippen MR) is 103 cm³/mol. The average Bonchev–Trinajstić information content (AvgIpc) is 3.09. The van der Waals surface area contributed by atoms with Crippen molar-refractivity contribution in [2.45, 2.75) is 32.4 Å². The lowest BCUT2D eigenvalue weighted by atomic mass is 10.0. The SMILES string of the molecule is Cc1cc(C(=O)N(Cc2ccco2)C2CCN(C)CC2)ccc1I. The first-order valence-electron chi connectivity index (χ1n) is 8.32. The summed E-state index contributed by atoms with van der Waals surface area (Å²) in [5, 5.41) is 0. The molecule has 0 atom stereocenters. The molecule has 24 heavy (non-hydrogen) atoms. The molecule has 3 rings (SSSR count). The van der Waals surface area contributed by atoms with Crippen molar-refractivity contribution >= 4 is 28.5 Å². The van der Waals surface area contributed by atoms with E-state index in [1.54, 1.807) is 6.26 Å². The van der Waals surface area contributed by atoms with E-state index < -0.39 is 0 Å². The molecule has 0 bridgehead atoms. The summed E-state index contributed by atoms with van der Waals surface area (Å²) in [6.45, 7) is 4.63. The number of nitrogens with zero attached hydrogens (tertiary/aromatic N) is 2. The zero-order valence-corrected chi connectivity index (χ0v) is 16.3. The van der Waals surface area contributed by atoms with Crippen LogP contribution in [0.4, 0.5) is 0 Å². The number of carbonyl (C=O) groups excluding carboxylic acids is 1. The maximum absolute atomic E-state index is 13.2. The number of hydrogen-bond acceptors (Lipinski definition) is 3. The van der Waals surface area contributed by atoms with Crippen LogP contribution in [0.1, 0.15) is 34.5 Å². The van der Waals surface area contributed by atoms with Crippen molar-refractivity contribution in [1.82, 2.24) is 9.80 Å². The minimum atomic E-state index is 0.0976. The van der Waals surface area contributed by atoms with E-state index in [0.717, 1.165) is 42.8 Å². The first-order valence-corrected chi connectivity index (χ1v) is 9.40. The zero-order valence-electron chi connectivity index (χ0n) is 14.2. The zero-order chi connectivity index (χ0) is 17.1. The second kappa shape index (κ2) is 7.70. The van der Waals surface area contributed by atoms with Crippen molar-refractivity contribution in [3.05, 3.63) is 57.1 Å². The summed E-state index contributed by atoms with van der Waals surface area (Å²) in [7, 11) is 2.14. The Labute approximate surface area is 157 Å². The molecule has 5 heteroatoms. The van der Waals surface area contributed by atoms with Gasteiger partial charge >= 0.3 is 0 Å². The van der Waals surface area contributed by atoms with Gasteiger partial charge in [0.2, 0.25) is 0 Å². The number of aryl methyl sites for hydroxylation is 1. The van der Waals surface area contributed by atoms with Gasteiger partial charge in [-0.2, -0.15) is 0 Å². The van der Waals surface area contributed by atoms with Crippen LogP contribution in [0.2, 0.25) is 0 Å². The van der Waals surface area contributed by atoms with Crippen LogP contribution in [0.3, 0.4) is 0 Å². The highest BCUT2D eigenvalue weighted by atomic mass is 127. The van der Waals surface area contributed by atoms with Crippen LogP contribution in [-0.2, 0) is 6.54 Å². The molecule has 4 nitrogen and oxygen atoms in total. The lowest BCUT2D eigenvalue weighted by Gasteiger charge is -2.37. The minimum absolute atomic E-state index is 0.0976. The molecule has 2 heterocycles. The van der Waals surface area contributed by atoms with Crippen molar-refractivity contribution in [3.63, 3.8) is 0 Å². The molecular weight excluding hydrogens is 415 g/mol. The normalized spacial score (nSPS) is 16.3. The van der Waals surface area contributed by atoms with E-state index in [1.807, 2.05) is 42.2 Å². The minimum Gasteiger partial charge on any atom is -0.467 e. The number of halogens is 1. The fourth-order valence-corrected chi connectivity index (χ4v) is 3.52. The Morgan fingerprint density at radius 2 is 2.08 bits per heavy atom. The van der Waals surface area contributed by atoms with Crippen LogP contribution in [0.25, 0.3) is 0 Å². The number of carbonyl (C=O) groups is 1. The van der Waals surface area contributed by atoms with E-state index in [0.29, 0.717) is 6.54 Å². The number of furan rings is 1. The monoisotopic (exact) mass is 438 g/mol. The third kappa shape index (κ3) is 4.00. The number of amides is 1. The summed E-state index contributed by atoms with van der Waals surface area (Å²) >= 11 is 2.30. The summed E-state index contributed by atoms with van der Waals surface area (Å²) in [5.74, 6) is 0.935. The Hall–Kier alpha value is -1.34. The first kappa shape index (κ1) is 17.5. The summed E-state index contributed by atoms with van der Waals surface area (Å²) < 4.78 is 6.68. The number of rotatable bonds is 4. The maximum Gasteiger partial charge on any atom is 0.254 e. The molecular formula is C19H23IN2O2. The van der Waals surface area contributed by atoms with E-state index in [-0.39, 0.29) is 11.9 Å². The van der Waals surface area contributed by atoms with Crippen molar-refractivity contribution in [3.8, 4) is 0 Å². The van der Waals surface area contributed by atoms with E-state index in [1.165, 1.54) is 3.57 Å². The van der Waals surface area contributed by atoms with Crippen LogP contribution in [-0.4, -0.2) is 41.9 Å². The lowest BCUT2D eigenvalue weighted by molar-refractivity contribution is 0.0550. The summed E-state index contributed by atoms with van der Waals surface area (Å²) in [6.07, 6.45) is 3.68. The summed E-state index contributed by atoms with van der Waals surface area (Å²) in [4.78, 5) is 17.5. The predicted octanol–water partition coefficient (Wildman–Crippen LogP) is 3.93. The van der Waals surface area contributed by atoms with Gasteiger partial charge < -0.3 is 14.2 Å². The molecule has 0 radical (unpaired) electrons. The van der Waals surface area contributed by atoms with Crippen LogP contribution in [0.15, 0.2) is 41.0 Å². The molecule has 0 N–H and O–H groups in total. The quantitative estimate of drug-likeness (QED) is 0.679. The molecule has 2 aromatic rings. The Kier molecular flexibility index (Phi) is 5.61. The number of hydrogen-bond donors (Lipinski definition) is 0. The van der Waals surface area contributed by atoms with Gasteiger partial charge in [0.25, 0.3) is 5.91 Å². The molecule has 1 amide bonds. The molecule has 0 saturated carbocycles. The number of likely N-dealkylation sites (tertiary alicyclic amines) is 1. The van der Waals surface area contributed by atoms with Crippen LogP contribution >= 0.6 is 22.6 Å². The van der Waals surface area contributed by atoms with Gasteiger partial charge in [0.1, 0.15) is 5.76 Å². The molecule has 1 fully saturated rings. The van der Waals surface area contributed by atoms with E-state index in [2.05, 4.69) is 34.5 Å². The highest BCUT2D eigenvalue weighted by molar-refractivity contribution is 14.1. The Balaban J connectivity index is 1.85. The Bertz CT molecular complexity index is 691. The fraction of sp³-hybridized carbons (Fsp3) is 0.421. The number of piperidine rings is 1. The Morgan fingerprint density at radius 3 is 2.71 bits per heavy atom. The third-order valence-corrected chi connectivity index (χ3v) is 5.91. The Morgan fingerprint density at radius 1 is 1.33 bits per heavy atom. The molecule has 0 unspecified atom stereocenters. The largest absolute Gasteiger partial charge is 0.467 e. The van der Waals surface area contributed by atoms with Gasteiger partial charge in [-0.05, 0) is 98.4 Å². The van der Waals surface area contributed by atoms with Crippen LogP contribution in [0.5, 0.6) is 0 Å². The second-order valence-electron chi connectivity index (χ2n) is 6.51. The van der Waals surface area contributed by atoms with Crippen LogP contribution in [0, 0.1) is 10.5 Å². The molecule has 0 aliphatic carbocycles. The molecule has 0 spiro atoms. The topological polar surface area (TPSA) is 36.7 Å². The van der Waals surface area contributed by atoms with E-state index in [9.17, 15) is 4.79 Å². The smallest absolute Gasteiger partial charge is 0.254 e. The highest BCUT2D eigenvalue weighted by Crippen LogP contribution is 2.22. The molecule has 1 aromatic heterocycles. The van der Waals surface area contributed by atoms with Crippen molar-refractivity contribution in [2.75, 3.05) is 20.1 Å². The molecule has 128 valence electrons. The third-order valence-electron chi connectivity index (χ3n) is 4.70. The standard InChI is InChI=1S/C19H23IN2O2/c1-14-12-15(5-6-18(14)20)19(23)22(13-17-4-3-11-24-17)16-7-9-21(2)10-8-16/h3-6,11-12,16H,7-10,13H2,1-2H3. The second-order valence-corrected chi connectivity index (χ2v) is 7.67. The van der Waals surface area contributed by atoms with Gasteiger partial charge in [0.05, 0.1) is 12.8 Å². The number of benzene rings is 1. The summed E-state index contributed by atoms with van der Waals surface area (Å²) in [5.41, 5.74) is 1.90. The fourth-order valence-electron chi connectivity index (χ4n) is 3.19. The van der Waals surface area contributed by atoms with E-state index in [4.69, 9.17) is 4.42 Å². The van der Waals surface area contributed by atoms with Gasteiger partial charge in [-0.3, -0.25) is 4.79 Å². The van der Waals surface area contributed by atoms with Gasteiger partial charge in [-0.1, -0.05) is 0 Å². The van der Waals surface area contributed by atoms with E-state index >= 15 is 0 Å². The molecule has 1 aliphatic rings. The van der Waals surface area contributed by atoms with Crippen molar-refractivity contribution in [2.24, 2.45) is 0 Å². The van der Waals surface area contributed by atoms with Gasteiger partial charge in [0, 0.05) is 15.2 Å². The average molecular weight is 438 g/mol. The molecule has 1 saturated heterocycles. The van der Waals surface area contributed by atoms with Crippen LogP contribution < -0.4 is 0 Å².